The van der Waals surface area contributed by atoms with Gasteiger partial charge in [-0.1, -0.05) is 11.6 Å². The van der Waals surface area contributed by atoms with Gasteiger partial charge in [0.2, 0.25) is 0 Å². The largest absolute Gasteiger partial charge is 0.345 e. The normalized spacial score (nSPS) is 13.6. The summed E-state index contributed by atoms with van der Waals surface area (Å²) in [6.45, 7) is 7.50. The molecule has 0 saturated heterocycles. The average molecular weight is 280 g/mol. The highest BCUT2D eigenvalue weighted by Gasteiger charge is 2.28. The highest BCUT2D eigenvalue weighted by Crippen LogP contribution is 2.28. The van der Waals surface area contributed by atoms with Gasteiger partial charge in [0.05, 0.1) is 15.9 Å². The molecule has 1 unspecified atom stereocenters. The SMILES string of the molecule is Cc1csc(C(=O)NC(C)(C)C(C)Cl)c1Cl. The summed E-state index contributed by atoms with van der Waals surface area (Å²) in [5.41, 5.74) is 0.466. The maximum Gasteiger partial charge on any atom is 0.263 e. The van der Waals surface area contributed by atoms with Gasteiger partial charge in [-0.2, -0.15) is 0 Å². The Bertz CT molecular complexity index is 399. The van der Waals surface area contributed by atoms with Gasteiger partial charge < -0.3 is 5.32 Å². The first-order valence-corrected chi connectivity index (χ1v) is 6.65. The van der Waals surface area contributed by atoms with Gasteiger partial charge in [0.25, 0.3) is 5.91 Å². The fourth-order valence-electron chi connectivity index (χ4n) is 1.03. The van der Waals surface area contributed by atoms with Crippen molar-refractivity contribution in [3.05, 3.63) is 20.8 Å². The molecule has 0 aromatic carbocycles. The van der Waals surface area contributed by atoms with E-state index < -0.39 is 5.54 Å². The van der Waals surface area contributed by atoms with Crippen LogP contribution in [-0.2, 0) is 0 Å². The van der Waals surface area contributed by atoms with Crippen LogP contribution in [0.5, 0.6) is 0 Å². The van der Waals surface area contributed by atoms with E-state index in [9.17, 15) is 4.79 Å². The van der Waals surface area contributed by atoms with Crippen LogP contribution in [0.4, 0.5) is 0 Å². The van der Waals surface area contributed by atoms with Gasteiger partial charge in [-0.25, -0.2) is 0 Å². The molecule has 0 aliphatic heterocycles. The molecule has 1 rings (SSSR count). The maximum atomic E-state index is 12.0. The molecule has 0 saturated carbocycles. The van der Waals surface area contributed by atoms with Crippen LogP contribution in [0.1, 0.15) is 36.0 Å². The van der Waals surface area contributed by atoms with Crippen LogP contribution in [-0.4, -0.2) is 16.8 Å². The summed E-state index contributed by atoms with van der Waals surface area (Å²) in [5.74, 6) is -0.166. The predicted molar refractivity (Wildman–Crippen MR) is 70.9 cm³/mol. The second kappa shape index (κ2) is 4.94. The van der Waals surface area contributed by atoms with Gasteiger partial charge in [-0.15, -0.1) is 22.9 Å². The zero-order valence-electron chi connectivity index (χ0n) is 9.73. The van der Waals surface area contributed by atoms with E-state index in [0.717, 1.165) is 5.56 Å². The van der Waals surface area contributed by atoms with E-state index in [2.05, 4.69) is 5.32 Å². The van der Waals surface area contributed by atoms with E-state index in [4.69, 9.17) is 23.2 Å². The summed E-state index contributed by atoms with van der Waals surface area (Å²) in [6.07, 6.45) is 0. The van der Waals surface area contributed by atoms with Crippen molar-refractivity contribution in [3.8, 4) is 0 Å². The molecular formula is C11H15Cl2NOS. The third-order valence-corrected chi connectivity index (χ3v) is 4.78. The molecule has 1 heterocycles. The molecule has 90 valence electrons. The first-order valence-electron chi connectivity index (χ1n) is 4.96. The van der Waals surface area contributed by atoms with Crippen LogP contribution >= 0.6 is 34.5 Å². The van der Waals surface area contributed by atoms with Crippen LogP contribution in [0.3, 0.4) is 0 Å². The van der Waals surface area contributed by atoms with Crippen LogP contribution in [0, 0.1) is 6.92 Å². The van der Waals surface area contributed by atoms with Crippen LogP contribution < -0.4 is 5.32 Å². The fraction of sp³-hybridized carbons (Fsp3) is 0.545. The summed E-state index contributed by atoms with van der Waals surface area (Å²) in [7, 11) is 0. The predicted octanol–water partition coefficient (Wildman–Crippen LogP) is 3.85. The first-order chi connectivity index (χ1) is 7.25. The standard InChI is InChI=1S/C11H15Cl2NOS/c1-6-5-16-9(8(6)13)10(15)14-11(3,4)7(2)12/h5,7H,1-4H3,(H,14,15). The number of thiophene rings is 1. The Kier molecular flexibility index (Phi) is 4.27. The molecule has 0 radical (unpaired) electrons. The molecule has 5 heteroatoms. The van der Waals surface area contributed by atoms with Crippen molar-refractivity contribution in [2.75, 3.05) is 0 Å². The number of hydrogen-bond donors (Lipinski definition) is 1. The molecule has 0 spiro atoms. The number of hydrogen-bond acceptors (Lipinski definition) is 2. The van der Waals surface area contributed by atoms with Crippen LogP contribution in [0.15, 0.2) is 5.38 Å². The van der Waals surface area contributed by atoms with E-state index in [-0.39, 0.29) is 11.3 Å². The Morgan fingerprint density at radius 3 is 2.50 bits per heavy atom. The molecule has 1 aromatic rings. The van der Waals surface area contributed by atoms with Crippen molar-refractivity contribution in [1.29, 1.82) is 0 Å². The molecule has 0 fully saturated rings. The van der Waals surface area contributed by atoms with Crippen LogP contribution in [0.2, 0.25) is 5.02 Å². The number of amides is 1. The minimum atomic E-state index is -0.458. The van der Waals surface area contributed by atoms with E-state index >= 15 is 0 Å². The second-order valence-electron chi connectivity index (χ2n) is 4.35. The number of rotatable bonds is 3. The lowest BCUT2D eigenvalue weighted by Gasteiger charge is -2.28. The molecule has 0 aliphatic carbocycles. The Morgan fingerprint density at radius 1 is 1.56 bits per heavy atom. The number of aryl methyl sites for hydroxylation is 1. The van der Waals surface area contributed by atoms with E-state index in [1.54, 1.807) is 0 Å². The summed E-state index contributed by atoms with van der Waals surface area (Å²) in [5, 5.41) is 5.12. The third-order valence-electron chi connectivity index (χ3n) is 2.54. The van der Waals surface area contributed by atoms with E-state index in [1.807, 2.05) is 33.1 Å². The Hall–Kier alpha value is -0.250. The lowest BCUT2D eigenvalue weighted by molar-refractivity contribution is 0.0917. The van der Waals surface area contributed by atoms with E-state index in [0.29, 0.717) is 9.90 Å². The quantitative estimate of drug-likeness (QED) is 0.837. The lowest BCUT2D eigenvalue weighted by Crippen LogP contribution is -2.48. The zero-order valence-corrected chi connectivity index (χ0v) is 12.1. The van der Waals surface area contributed by atoms with Crippen molar-refractivity contribution in [2.24, 2.45) is 0 Å². The number of alkyl halides is 1. The number of carbonyl (C=O) groups is 1. The van der Waals surface area contributed by atoms with Crippen molar-refractivity contribution in [2.45, 2.75) is 38.6 Å². The summed E-state index contributed by atoms with van der Waals surface area (Å²) in [6, 6.07) is 0. The molecule has 0 bridgehead atoms. The van der Waals surface area contributed by atoms with Gasteiger partial charge >= 0.3 is 0 Å². The van der Waals surface area contributed by atoms with Gasteiger partial charge in [-0.05, 0) is 38.6 Å². The van der Waals surface area contributed by atoms with Gasteiger partial charge in [0, 0.05) is 0 Å². The van der Waals surface area contributed by atoms with Crippen molar-refractivity contribution in [1.82, 2.24) is 5.32 Å². The Labute approximate surface area is 110 Å². The Morgan fingerprint density at radius 2 is 2.12 bits per heavy atom. The lowest BCUT2D eigenvalue weighted by atomic mass is 10.0. The summed E-state index contributed by atoms with van der Waals surface area (Å²) in [4.78, 5) is 12.5. The summed E-state index contributed by atoms with van der Waals surface area (Å²) < 4.78 is 0. The highest BCUT2D eigenvalue weighted by atomic mass is 35.5. The first kappa shape index (κ1) is 13.8. The monoisotopic (exact) mass is 279 g/mol. The molecule has 2 nitrogen and oxygen atoms in total. The molecule has 1 aromatic heterocycles. The molecular weight excluding hydrogens is 265 g/mol. The summed E-state index contributed by atoms with van der Waals surface area (Å²) >= 11 is 13.4. The average Bonchev–Trinajstić information content (AvgIpc) is 2.46. The smallest absolute Gasteiger partial charge is 0.263 e. The minimum Gasteiger partial charge on any atom is -0.345 e. The second-order valence-corrected chi connectivity index (χ2v) is 6.27. The van der Waals surface area contributed by atoms with Gasteiger partial charge in [-0.3, -0.25) is 4.79 Å². The highest BCUT2D eigenvalue weighted by molar-refractivity contribution is 7.13. The third kappa shape index (κ3) is 2.90. The number of halogens is 2. The van der Waals surface area contributed by atoms with Gasteiger partial charge in [0.15, 0.2) is 0 Å². The number of nitrogens with one attached hydrogen (secondary N) is 1. The number of carbonyl (C=O) groups excluding carboxylic acids is 1. The maximum absolute atomic E-state index is 12.0. The zero-order chi connectivity index (χ0) is 12.5. The molecule has 0 aliphatic rings. The Balaban J connectivity index is 2.85. The minimum absolute atomic E-state index is 0.156. The molecule has 1 amide bonds. The topological polar surface area (TPSA) is 29.1 Å². The van der Waals surface area contributed by atoms with Gasteiger partial charge in [0.1, 0.15) is 4.88 Å². The molecule has 1 N–H and O–H groups in total. The molecule has 1 atom stereocenters. The van der Waals surface area contributed by atoms with Crippen LogP contribution in [0.25, 0.3) is 0 Å². The van der Waals surface area contributed by atoms with Crippen molar-refractivity contribution < 1.29 is 4.79 Å². The van der Waals surface area contributed by atoms with Crippen molar-refractivity contribution >= 4 is 40.4 Å². The fourth-order valence-corrected chi connectivity index (χ4v) is 2.26. The van der Waals surface area contributed by atoms with E-state index in [1.165, 1.54) is 11.3 Å². The van der Waals surface area contributed by atoms with Crippen molar-refractivity contribution in [3.63, 3.8) is 0 Å². The molecule has 16 heavy (non-hydrogen) atoms.